The van der Waals surface area contributed by atoms with Gasteiger partial charge in [0.15, 0.2) is 0 Å². The second kappa shape index (κ2) is 4.20. The molecule has 1 saturated carbocycles. The first-order valence-electron chi connectivity index (χ1n) is 4.01. The topological polar surface area (TPSA) is 93.4 Å². The van der Waals surface area contributed by atoms with Gasteiger partial charge < -0.3 is 10.1 Å². The van der Waals surface area contributed by atoms with E-state index in [1.54, 1.807) is 12.5 Å². The quantitative estimate of drug-likeness (QED) is 0.207. The summed E-state index contributed by atoms with van der Waals surface area (Å²) in [6, 6.07) is 0.0368. The highest BCUT2D eigenvalue weighted by Crippen LogP contribution is 2.22. The number of ether oxygens (including phenoxy) is 1. The second-order valence-electron chi connectivity index (χ2n) is 2.97. The van der Waals surface area contributed by atoms with Crippen LogP contribution in [0.15, 0.2) is 0 Å². The number of carbonyl (C=O) groups is 2. The van der Waals surface area contributed by atoms with Crippen molar-refractivity contribution < 1.29 is 14.3 Å². The van der Waals surface area contributed by atoms with Crippen LogP contribution in [-0.2, 0) is 14.3 Å². The summed E-state index contributed by atoms with van der Waals surface area (Å²) in [5.41, 5.74) is 1.76. The fourth-order valence-electron chi connectivity index (χ4n) is 1.19. The summed E-state index contributed by atoms with van der Waals surface area (Å²) in [5.74, 6) is 3.27. The highest BCUT2D eigenvalue weighted by atomic mass is 16.5. The van der Waals surface area contributed by atoms with Crippen molar-refractivity contribution in [1.82, 2.24) is 10.7 Å². The summed E-state index contributed by atoms with van der Waals surface area (Å²) >= 11 is 0. The Bertz CT molecular complexity index is 213. The lowest BCUT2D eigenvalue weighted by molar-refractivity contribution is -0.140. The molecule has 2 amide bonds. The van der Waals surface area contributed by atoms with Gasteiger partial charge in [0, 0.05) is 13.2 Å². The van der Waals surface area contributed by atoms with Crippen LogP contribution in [-0.4, -0.2) is 31.1 Å². The molecule has 4 N–H and O–H groups in total. The Labute approximate surface area is 75.8 Å². The standard InChI is InChI=1S/C7H13N3O3/c1-13-5-2-4(3-5)9-6(11)7(12)10-8/h4-5H,2-3,8H2,1H3,(H,9,11)(H,10,12). The molecule has 6 nitrogen and oxygen atoms in total. The van der Waals surface area contributed by atoms with Crippen LogP contribution >= 0.6 is 0 Å². The van der Waals surface area contributed by atoms with Crippen LogP contribution < -0.4 is 16.6 Å². The largest absolute Gasteiger partial charge is 0.381 e. The SMILES string of the molecule is COC1CC(NC(=O)C(=O)NN)C1. The van der Waals surface area contributed by atoms with Gasteiger partial charge in [-0.1, -0.05) is 0 Å². The highest BCUT2D eigenvalue weighted by molar-refractivity contribution is 6.34. The summed E-state index contributed by atoms with van der Waals surface area (Å²) in [6.07, 6.45) is 1.70. The van der Waals surface area contributed by atoms with Crippen molar-refractivity contribution in [1.29, 1.82) is 0 Å². The van der Waals surface area contributed by atoms with E-state index in [1.165, 1.54) is 0 Å². The van der Waals surface area contributed by atoms with E-state index in [0.29, 0.717) is 0 Å². The molecule has 0 atom stereocenters. The summed E-state index contributed by atoms with van der Waals surface area (Å²) in [5, 5.41) is 2.52. The maximum atomic E-state index is 10.9. The smallest absolute Gasteiger partial charge is 0.323 e. The average molecular weight is 187 g/mol. The Morgan fingerprint density at radius 3 is 2.46 bits per heavy atom. The van der Waals surface area contributed by atoms with Crippen molar-refractivity contribution in [2.75, 3.05) is 7.11 Å². The van der Waals surface area contributed by atoms with Crippen molar-refractivity contribution in [2.24, 2.45) is 5.84 Å². The van der Waals surface area contributed by atoms with Gasteiger partial charge in [-0.05, 0) is 12.8 Å². The van der Waals surface area contributed by atoms with E-state index in [4.69, 9.17) is 10.6 Å². The van der Waals surface area contributed by atoms with Gasteiger partial charge in [0.25, 0.3) is 0 Å². The first kappa shape index (κ1) is 9.94. The van der Waals surface area contributed by atoms with E-state index in [1.807, 2.05) is 0 Å². The van der Waals surface area contributed by atoms with Crippen molar-refractivity contribution >= 4 is 11.8 Å². The first-order chi connectivity index (χ1) is 6.17. The zero-order valence-corrected chi connectivity index (χ0v) is 7.37. The number of hydrazine groups is 1. The summed E-state index contributed by atoms with van der Waals surface area (Å²) in [7, 11) is 1.62. The van der Waals surface area contributed by atoms with Gasteiger partial charge in [0.1, 0.15) is 0 Å². The molecule has 0 saturated heterocycles. The Balaban J connectivity index is 2.20. The van der Waals surface area contributed by atoms with Crippen LogP contribution in [0, 0.1) is 0 Å². The first-order valence-corrected chi connectivity index (χ1v) is 4.01. The molecule has 74 valence electrons. The van der Waals surface area contributed by atoms with Crippen molar-refractivity contribution in [3.63, 3.8) is 0 Å². The lowest BCUT2D eigenvalue weighted by atomic mass is 9.89. The van der Waals surface area contributed by atoms with Gasteiger partial charge >= 0.3 is 11.8 Å². The molecule has 1 aliphatic carbocycles. The molecule has 0 aromatic carbocycles. The normalized spacial score (nSPS) is 26.0. The number of carbonyl (C=O) groups excluding carboxylic acids is 2. The Hall–Kier alpha value is -1.14. The fraction of sp³-hybridized carbons (Fsp3) is 0.714. The van der Waals surface area contributed by atoms with Gasteiger partial charge in [-0.25, -0.2) is 5.84 Å². The number of amides is 2. The minimum atomic E-state index is -0.819. The summed E-state index contributed by atoms with van der Waals surface area (Å²) in [4.78, 5) is 21.6. The lowest BCUT2D eigenvalue weighted by Gasteiger charge is -2.34. The predicted octanol–water partition coefficient (Wildman–Crippen LogP) is -1.73. The van der Waals surface area contributed by atoms with Crippen LogP contribution in [0.3, 0.4) is 0 Å². The van der Waals surface area contributed by atoms with Crippen molar-refractivity contribution in [2.45, 2.75) is 25.0 Å². The molecule has 0 heterocycles. The van der Waals surface area contributed by atoms with Gasteiger partial charge in [-0.15, -0.1) is 0 Å². The predicted molar refractivity (Wildman–Crippen MR) is 44.3 cm³/mol. The number of hydrogen-bond acceptors (Lipinski definition) is 4. The van der Waals surface area contributed by atoms with Gasteiger partial charge in [0.05, 0.1) is 6.10 Å². The molecule has 0 spiro atoms. The number of nitrogens with two attached hydrogens (primary N) is 1. The third-order valence-electron chi connectivity index (χ3n) is 2.10. The van der Waals surface area contributed by atoms with Crippen molar-refractivity contribution in [3.05, 3.63) is 0 Å². The van der Waals surface area contributed by atoms with E-state index >= 15 is 0 Å². The molecule has 0 unspecified atom stereocenters. The van der Waals surface area contributed by atoms with Crippen molar-refractivity contribution in [3.8, 4) is 0 Å². The molecule has 1 fully saturated rings. The number of rotatable bonds is 2. The van der Waals surface area contributed by atoms with Gasteiger partial charge in [0.2, 0.25) is 0 Å². The number of methoxy groups -OCH3 is 1. The molecule has 1 aliphatic rings. The molecule has 0 radical (unpaired) electrons. The molecular formula is C7H13N3O3. The minimum Gasteiger partial charge on any atom is -0.381 e. The zero-order chi connectivity index (χ0) is 9.84. The molecule has 1 rings (SSSR count). The number of hydrogen-bond donors (Lipinski definition) is 3. The van der Waals surface area contributed by atoms with Crippen LogP contribution in [0.4, 0.5) is 0 Å². The number of nitrogens with one attached hydrogen (secondary N) is 2. The van der Waals surface area contributed by atoms with Crippen LogP contribution in [0.2, 0.25) is 0 Å². The van der Waals surface area contributed by atoms with E-state index < -0.39 is 11.8 Å². The molecular weight excluding hydrogens is 174 g/mol. The van der Waals surface area contributed by atoms with Crippen LogP contribution in [0.1, 0.15) is 12.8 Å². The maximum Gasteiger partial charge on any atom is 0.323 e. The van der Waals surface area contributed by atoms with E-state index in [2.05, 4.69) is 5.32 Å². The summed E-state index contributed by atoms with van der Waals surface area (Å²) in [6.45, 7) is 0. The fourth-order valence-corrected chi connectivity index (χ4v) is 1.19. The van der Waals surface area contributed by atoms with Gasteiger partial charge in [-0.2, -0.15) is 0 Å². The zero-order valence-electron chi connectivity index (χ0n) is 7.37. The Morgan fingerprint density at radius 2 is 2.00 bits per heavy atom. The molecule has 0 bridgehead atoms. The van der Waals surface area contributed by atoms with Crippen LogP contribution in [0.25, 0.3) is 0 Å². The summed E-state index contributed by atoms with van der Waals surface area (Å²) < 4.78 is 5.01. The third kappa shape index (κ3) is 2.40. The van der Waals surface area contributed by atoms with E-state index in [9.17, 15) is 9.59 Å². The van der Waals surface area contributed by atoms with Gasteiger partial charge in [-0.3, -0.25) is 15.0 Å². The second-order valence-corrected chi connectivity index (χ2v) is 2.97. The molecule has 0 aromatic heterocycles. The maximum absolute atomic E-state index is 10.9. The lowest BCUT2D eigenvalue weighted by Crippen LogP contribution is -2.52. The molecule has 6 heteroatoms. The van der Waals surface area contributed by atoms with E-state index in [-0.39, 0.29) is 12.1 Å². The third-order valence-corrected chi connectivity index (χ3v) is 2.10. The highest BCUT2D eigenvalue weighted by Gasteiger charge is 2.31. The monoisotopic (exact) mass is 187 g/mol. The average Bonchev–Trinajstić information content (AvgIpc) is 2.08. The minimum absolute atomic E-state index is 0.0368. The molecule has 13 heavy (non-hydrogen) atoms. The molecule has 0 aliphatic heterocycles. The Kier molecular flexibility index (Phi) is 3.21. The van der Waals surface area contributed by atoms with Crippen LogP contribution in [0.5, 0.6) is 0 Å². The Morgan fingerprint density at radius 1 is 1.38 bits per heavy atom. The molecule has 0 aromatic rings. The van der Waals surface area contributed by atoms with E-state index in [0.717, 1.165) is 12.8 Å².